The molecule has 2 unspecified atom stereocenters. The predicted molar refractivity (Wildman–Crippen MR) is 98.4 cm³/mol. The van der Waals surface area contributed by atoms with Gasteiger partial charge in [0.15, 0.2) is 17.7 Å². The van der Waals surface area contributed by atoms with Crippen molar-refractivity contribution in [2.24, 2.45) is 0 Å². The molecule has 7 heteroatoms. The molecule has 0 aliphatic carbocycles. The molecule has 6 nitrogen and oxygen atoms in total. The first-order chi connectivity index (χ1) is 13.0. The van der Waals surface area contributed by atoms with Crippen LogP contribution in [0.15, 0.2) is 48.5 Å². The number of nitrogens with zero attached hydrogens (tertiary/aromatic N) is 1. The Hall–Kier alpha value is -3.09. The molecule has 1 saturated heterocycles. The van der Waals surface area contributed by atoms with Crippen LogP contribution in [0.2, 0.25) is 0 Å². The van der Waals surface area contributed by atoms with Gasteiger partial charge >= 0.3 is 0 Å². The van der Waals surface area contributed by atoms with E-state index in [1.54, 1.807) is 36.3 Å². The van der Waals surface area contributed by atoms with Crippen LogP contribution in [0.25, 0.3) is 0 Å². The quantitative estimate of drug-likeness (QED) is 0.846. The van der Waals surface area contributed by atoms with Gasteiger partial charge in [-0.1, -0.05) is 24.3 Å². The maximum atomic E-state index is 13.7. The predicted octanol–water partition coefficient (Wildman–Crippen LogP) is 2.52. The molecule has 0 saturated carbocycles. The maximum Gasteiger partial charge on any atom is 0.261 e. The maximum absolute atomic E-state index is 13.7. The number of hydrogen-bond acceptors (Lipinski definition) is 4. The number of rotatable bonds is 6. The third-order valence-corrected chi connectivity index (χ3v) is 4.36. The molecule has 1 aliphatic rings. The third-order valence-electron chi connectivity index (χ3n) is 4.36. The van der Waals surface area contributed by atoms with Crippen LogP contribution in [0, 0.1) is 5.82 Å². The lowest BCUT2D eigenvalue weighted by Gasteiger charge is -2.21. The number of nitrogens with one attached hydrogen (secondary N) is 1. The van der Waals surface area contributed by atoms with Crippen LogP contribution in [-0.2, 0) is 9.59 Å². The van der Waals surface area contributed by atoms with Crippen LogP contribution in [-0.4, -0.2) is 37.6 Å². The van der Waals surface area contributed by atoms with Crippen molar-refractivity contribution in [1.82, 2.24) is 5.32 Å². The summed E-state index contributed by atoms with van der Waals surface area (Å²) in [5, 5.41) is 2.80. The number of ether oxygens (including phenoxy) is 2. The molecule has 2 amide bonds. The van der Waals surface area contributed by atoms with E-state index in [0.717, 1.165) is 0 Å². The van der Waals surface area contributed by atoms with Gasteiger partial charge in [0.05, 0.1) is 18.8 Å². The molecule has 3 rings (SSSR count). The highest BCUT2D eigenvalue weighted by Gasteiger charge is 2.34. The smallest absolute Gasteiger partial charge is 0.261 e. The van der Waals surface area contributed by atoms with Crippen molar-refractivity contribution >= 4 is 17.5 Å². The second kappa shape index (κ2) is 8.07. The fourth-order valence-corrected chi connectivity index (χ4v) is 2.99. The molecule has 2 aromatic rings. The molecule has 0 bridgehead atoms. The van der Waals surface area contributed by atoms with Crippen molar-refractivity contribution in [2.45, 2.75) is 25.5 Å². The highest BCUT2D eigenvalue weighted by atomic mass is 19.1. The summed E-state index contributed by atoms with van der Waals surface area (Å²) in [6.45, 7) is 1.87. The third kappa shape index (κ3) is 4.19. The van der Waals surface area contributed by atoms with Crippen molar-refractivity contribution < 1.29 is 23.5 Å². The minimum Gasteiger partial charge on any atom is -0.495 e. The van der Waals surface area contributed by atoms with Gasteiger partial charge in [0.25, 0.3) is 5.91 Å². The minimum absolute atomic E-state index is 0.0123. The summed E-state index contributed by atoms with van der Waals surface area (Å²) in [6, 6.07) is 12.8. The fraction of sp³-hybridized carbons (Fsp3) is 0.300. The van der Waals surface area contributed by atoms with Crippen LogP contribution in [0.1, 0.15) is 13.3 Å². The number of methoxy groups -OCH3 is 1. The second-order valence-corrected chi connectivity index (χ2v) is 6.28. The zero-order valence-electron chi connectivity index (χ0n) is 15.1. The average molecular weight is 372 g/mol. The molecule has 27 heavy (non-hydrogen) atoms. The van der Waals surface area contributed by atoms with Gasteiger partial charge in [-0.15, -0.1) is 0 Å². The summed E-state index contributed by atoms with van der Waals surface area (Å²) < 4.78 is 24.3. The first-order valence-corrected chi connectivity index (χ1v) is 8.64. The van der Waals surface area contributed by atoms with Crippen LogP contribution < -0.4 is 19.7 Å². The van der Waals surface area contributed by atoms with E-state index < -0.39 is 17.8 Å². The molecule has 2 atom stereocenters. The van der Waals surface area contributed by atoms with Gasteiger partial charge in [-0.05, 0) is 31.2 Å². The Morgan fingerprint density at radius 1 is 1.19 bits per heavy atom. The molecule has 1 heterocycles. The lowest BCUT2D eigenvalue weighted by atomic mass is 10.2. The van der Waals surface area contributed by atoms with E-state index >= 15 is 0 Å². The van der Waals surface area contributed by atoms with Gasteiger partial charge in [0, 0.05) is 13.0 Å². The first kappa shape index (κ1) is 18.7. The number of carbonyl (C=O) groups excluding carboxylic acids is 2. The van der Waals surface area contributed by atoms with E-state index in [0.29, 0.717) is 18.0 Å². The van der Waals surface area contributed by atoms with Gasteiger partial charge < -0.3 is 19.7 Å². The zero-order valence-corrected chi connectivity index (χ0v) is 15.1. The molecular weight excluding hydrogens is 351 g/mol. The molecular formula is C20H21FN2O4. The summed E-state index contributed by atoms with van der Waals surface area (Å²) in [7, 11) is 1.54. The van der Waals surface area contributed by atoms with Gasteiger partial charge in [0.1, 0.15) is 5.75 Å². The minimum atomic E-state index is -0.891. The molecule has 142 valence electrons. The van der Waals surface area contributed by atoms with E-state index in [1.165, 1.54) is 19.1 Å². The molecule has 0 radical (unpaired) electrons. The summed E-state index contributed by atoms with van der Waals surface area (Å²) in [6.07, 6.45) is -0.715. The van der Waals surface area contributed by atoms with Gasteiger partial charge in [-0.25, -0.2) is 4.39 Å². The number of hydrogen-bond donors (Lipinski definition) is 1. The monoisotopic (exact) mass is 372 g/mol. The summed E-state index contributed by atoms with van der Waals surface area (Å²) in [4.78, 5) is 26.3. The Morgan fingerprint density at radius 2 is 1.85 bits per heavy atom. The standard InChI is InChI=1S/C20H21FN2O4/c1-13(27-17-9-5-3-7-15(17)21)20(25)22-14-11-19(24)23(12-14)16-8-4-6-10-18(16)26-2/h3-10,13-14H,11-12H2,1-2H3,(H,22,25). The lowest BCUT2D eigenvalue weighted by molar-refractivity contribution is -0.128. The van der Waals surface area contributed by atoms with Crippen molar-refractivity contribution in [2.75, 3.05) is 18.6 Å². The fourth-order valence-electron chi connectivity index (χ4n) is 2.99. The first-order valence-electron chi connectivity index (χ1n) is 8.64. The van der Waals surface area contributed by atoms with E-state index in [2.05, 4.69) is 5.32 Å². The number of halogens is 1. The molecule has 1 aliphatic heterocycles. The second-order valence-electron chi connectivity index (χ2n) is 6.28. The van der Waals surface area contributed by atoms with Crippen LogP contribution in [0.3, 0.4) is 0 Å². The SMILES string of the molecule is COc1ccccc1N1CC(NC(=O)C(C)Oc2ccccc2F)CC1=O. The lowest BCUT2D eigenvalue weighted by Crippen LogP contribution is -2.43. The Bertz CT molecular complexity index is 842. The van der Waals surface area contributed by atoms with Crippen LogP contribution >= 0.6 is 0 Å². The van der Waals surface area contributed by atoms with E-state index in [-0.39, 0.29) is 24.1 Å². The number of amides is 2. The largest absolute Gasteiger partial charge is 0.495 e. The van der Waals surface area contributed by atoms with Gasteiger partial charge in [0.2, 0.25) is 5.91 Å². The van der Waals surface area contributed by atoms with E-state index in [1.807, 2.05) is 12.1 Å². The Kier molecular flexibility index (Phi) is 5.59. The van der Waals surface area contributed by atoms with Gasteiger partial charge in [-0.3, -0.25) is 9.59 Å². The molecule has 0 spiro atoms. The number of anilines is 1. The molecule has 1 fully saturated rings. The normalized spacial score (nSPS) is 17.5. The van der Waals surface area contributed by atoms with E-state index in [4.69, 9.17) is 9.47 Å². The Morgan fingerprint density at radius 3 is 2.56 bits per heavy atom. The number of carbonyl (C=O) groups is 2. The van der Waals surface area contributed by atoms with Crippen molar-refractivity contribution in [3.8, 4) is 11.5 Å². The topological polar surface area (TPSA) is 67.9 Å². The molecule has 0 aromatic heterocycles. The number of para-hydroxylation sites is 3. The zero-order chi connectivity index (χ0) is 19.4. The highest BCUT2D eigenvalue weighted by molar-refractivity contribution is 5.98. The summed E-state index contributed by atoms with van der Waals surface area (Å²) >= 11 is 0. The Labute approximate surface area is 156 Å². The van der Waals surface area contributed by atoms with E-state index in [9.17, 15) is 14.0 Å². The summed E-state index contributed by atoms with van der Waals surface area (Å²) in [5.41, 5.74) is 0.664. The Balaban J connectivity index is 1.62. The van der Waals surface area contributed by atoms with Crippen molar-refractivity contribution in [1.29, 1.82) is 0 Å². The van der Waals surface area contributed by atoms with Crippen LogP contribution in [0.4, 0.5) is 10.1 Å². The molecule has 2 aromatic carbocycles. The highest BCUT2D eigenvalue weighted by Crippen LogP contribution is 2.31. The van der Waals surface area contributed by atoms with Crippen LogP contribution in [0.5, 0.6) is 11.5 Å². The van der Waals surface area contributed by atoms with Gasteiger partial charge in [-0.2, -0.15) is 0 Å². The van der Waals surface area contributed by atoms with Crippen molar-refractivity contribution in [3.05, 3.63) is 54.3 Å². The molecule has 1 N–H and O–H groups in total. The summed E-state index contributed by atoms with van der Waals surface area (Å²) in [5.74, 6) is -0.437. The van der Waals surface area contributed by atoms with Crippen molar-refractivity contribution in [3.63, 3.8) is 0 Å². The number of benzene rings is 2. The average Bonchev–Trinajstić information content (AvgIpc) is 3.03.